The standard InChI is InChI=1S/C12H10N4OS2/c1-8-2-4-9(5-3-8)10(17)14-11-15-16-12(19-11)18-7-6-13/h2-5H,7H2,1H3,(H,14,15,17). The van der Waals surface area contributed by atoms with Gasteiger partial charge in [-0.1, -0.05) is 40.8 Å². The SMILES string of the molecule is Cc1ccc(C(=O)Nc2nnc(SCC#N)s2)cc1. The van der Waals surface area contributed by atoms with Crippen LogP contribution in [0.15, 0.2) is 28.6 Å². The summed E-state index contributed by atoms with van der Waals surface area (Å²) in [4.78, 5) is 11.9. The van der Waals surface area contributed by atoms with Gasteiger partial charge in [-0.2, -0.15) is 5.26 Å². The smallest absolute Gasteiger partial charge is 0.257 e. The lowest BCUT2D eigenvalue weighted by Crippen LogP contribution is -2.11. The Bertz CT molecular complexity index is 615. The maximum Gasteiger partial charge on any atom is 0.257 e. The minimum atomic E-state index is -0.215. The first-order valence-corrected chi connectivity index (χ1v) is 7.20. The maximum absolute atomic E-state index is 11.9. The highest BCUT2D eigenvalue weighted by atomic mass is 32.2. The van der Waals surface area contributed by atoms with Crippen LogP contribution in [0.3, 0.4) is 0 Å². The van der Waals surface area contributed by atoms with E-state index in [0.29, 0.717) is 20.8 Å². The molecule has 1 aromatic carbocycles. The van der Waals surface area contributed by atoms with Gasteiger partial charge in [-0.3, -0.25) is 10.1 Å². The monoisotopic (exact) mass is 290 g/mol. The van der Waals surface area contributed by atoms with Crippen molar-refractivity contribution in [2.45, 2.75) is 11.3 Å². The highest BCUT2D eigenvalue weighted by Gasteiger charge is 2.10. The highest BCUT2D eigenvalue weighted by molar-refractivity contribution is 8.01. The lowest BCUT2D eigenvalue weighted by atomic mass is 10.1. The Labute approximate surface area is 118 Å². The van der Waals surface area contributed by atoms with E-state index in [1.807, 2.05) is 25.1 Å². The van der Waals surface area contributed by atoms with Crippen molar-refractivity contribution in [1.82, 2.24) is 10.2 Å². The molecule has 0 bridgehead atoms. The zero-order valence-corrected chi connectivity index (χ0v) is 11.7. The van der Waals surface area contributed by atoms with Crippen LogP contribution in [0.25, 0.3) is 0 Å². The molecule has 1 aromatic heterocycles. The summed E-state index contributed by atoms with van der Waals surface area (Å²) in [5.41, 5.74) is 1.68. The molecule has 2 rings (SSSR count). The molecule has 96 valence electrons. The number of anilines is 1. The van der Waals surface area contributed by atoms with E-state index in [1.54, 1.807) is 12.1 Å². The van der Waals surface area contributed by atoms with Crippen LogP contribution in [0.1, 0.15) is 15.9 Å². The average molecular weight is 290 g/mol. The summed E-state index contributed by atoms with van der Waals surface area (Å²) in [6.45, 7) is 1.96. The van der Waals surface area contributed by atoms with Crippen LogP contribution in [0, 0.1) is 18.3 Å². The Kier molecular flexibility index (Phi) is 4.49. The average Bonchev–Trinajstić information content (AvgIpc) is 2.84. The minimum absolute atomic E-state index is 0.215. The topological polar surface area (TPSA) is 78.7 Å². The molecule has 0 saturated heterocycles. The molecular weight excluding hydrogens is 280 g/mol. The van der Waals surface area contributed by atoms with Gasteiger partial charge in [0.1, 0.15) is 0 Å². The van der Waals surface area contributed by atoms with Gasteiger partial charge in [0.25, 0.3) is 5.91 Å². The summed E-state index contributed by atoms with van der Waals surface area (Å²) >= 11 is 2.56. The van der Waals surface area contributed by atoms with Gasteiger partial charge >= 0.3 is 0 Å². The van der Waals surface area contributed by atoms with Crippen molar-refractivity contribution < 1.29 is 4.79 Å². The fraction of sp³-hybridized carbons (Fsp3) is 0.167. The molecule has 7 heteroatoms. The van der Waals surface area contributed by atoms with E-state index < -0.39 is 0 Å². The first kappa shape index (κ1) is 13.5. The summed E-state index contributed by atoms with van der Waals surface area (Å²) in [5.74, 6) is 0.105. The number of rotatable bonds is 4. The van der Waals surface area contributed by atoms with E-state index in [1.165, 1.54) is 23.1 Å². The molecule has 19 heavy (non-hydrogen) atoms. The fourth-order valence-corrected chi connectivity index (χ4v) is 2.70. The molecule has 1 heterocycles. The third-order valence-electron chi connectivity index (χ3n) is 2.20. The van der Waals surface area contributed by atoms with Crippen LogP contribution >= 0.6 is 23.1 Å². The molecule has 0 unspecified atom stereocenters. The summed E-state index contributed by atoms with van der Waals surface area (Å²) < 4.78 is 0.667. The van der Waals surface area contributed by atoms with Crippen LogP contribution in [0.5, 0.6) is 0 Å². The third kappa shape index (κ3) is 3.77. The van der Waals surface area contributed by atoms with Crippen LogP contribution < -0.4 is 5.32 Å². The van der Waals surface area contributed by atoms with E-state index in [-0.39, 0.29) is 5.91 Å². The zero-order chi connectivity index (χ0) is 13.7. The van der Waals surface area contributed by atoms with Crippen molar-refractivity contribution in [2.24, 2.45) is 0 Å². The molecule has 2 aromatic rings. The Morgan fingerprint density at radius 1 is 1.42 bits per heavy atom. The first-order valence-electron chi connectivity index (χ1n) is 5.40. The Morgan fingerprint density at radius 3 is 2.84 bits per heavy atom. The van der Waals surface area contributed by atoms with Crippen LogP contribution in [0.4, 0.5) is 5.13 Å². The number of hydrogen-bond donors (Lipinski definition) is 1. The first-order chi connectivity index (χ1) is 9.19. The van der Waals surface area contributed by atoms with Gasteiger partial charge in [0.2, 0.25) is 5.13 Å². The van der Waals surface area contributed by atoms with Gasteiger partial charge in [-0.25, -0.2) is 0 Å². The number of hydrogen-bond acceptors (Lipinski definition) is 6. The van der Waals surface area contributed by atoms with Gasteiger partial charge in [-0.05, 0) is 19.1 Å². The Morgan fingerprint density at radius 2 is 2.16 bits per heavy atom. The van der Waals surface area contributed by atoms with Crippen molar-refractivity contribution in [1.29, 1.82) is 5.26 Å². The number of nitrogens with zero attached hydrogens (tertiary/aromatic N) is 3. The summed E-state index contributed by atoms with van der Waals surface area (Å²) in [6, 6.07) is 9.29. The van der Waals surface area contributed by atoms with Gasteiger partial charge in [0.15, 0.2) is 4.34 Å². The fourth-order valence-electron chi connectivity index (χ4n) is 1.29. The summed E-state index contributed by atoms with van der Waals surface area (Å²) in [5, 5.41) is 19.3. The molecule has 0 fully saturated rings. The quantitative estimate of drug-likeness (QED) is 0.692. The summed E-state index contributed by atoms with van der Waals surface area (Å²) in [7, 11) is 0. The van der Waals surface area contributed by atoms with E-state index in [9.17, 15) is 4.79 Å². The van der Waals surface area contributed by atoms with Gasteiger partial charge < -0.3 is 0 Å². The van der Waals surface area contributed by atoms with Crippen LogP contribution in [0.2, 0.25) is 0 Å². The molecule has 0 aliphatic heterocycles. The molecule has 0 aliphatic carbocycles. The Hall–Kier alpha value is -1.91. The van der Waals surface area contributed by atoms with Gasteiger partial charge in [0.05, 0.1) is 11.8 Å². The second kappa shape index (κ2) is 6.31. The normalized spacial score (nSPS) is 9.89. The third-order valence-corrected chi connectivity index (χ3v) is 4.04. The molecule has 1 amide bonds. The van der Waals surface area contributed by atoms with Crippen molar-refractivity contribution in [3.05, 3.63) is 35.4 Å². The lowest BCUT2D eigenvalue weighted by molar-refractivity contribution is 0.102. The molecule has 0 atom stereocenters. The molecule has 1 N–H and O–H groups in total. The predicted octanol–water partition coefficient (Wildman–Crippen LogP) is 2.71. The number of nitriles is 1. The second-order valence-corrected chi connectivity index (χ2v) is 5.84. The number of thioether (sulfide) groups is 1. The molecular formula is C12H10N4OS2. The highest BCUT2D eigenvalue weighted by Crippen LogP contribution is 2.25. The molecule has 0 radical (unpaired) electrons. The van der Waals surface area contributed by atoms with Gasteiger partial charge in [-0.15, -0.1) is 10.2 Å². The Balaban J connectivity index is 2.01. The van der Waals surface area contributed by atoms with Crippen molar-refractivity contribution >= 4 is 34.1 Å². The second-order valence-electron chi connectivity index (χ2n) is 3.64. The number of aryl methyl sites for hydroxylation is 1. The summed E-state index contributed by atoms with van der Waals surface area (Å²) in [6.07, 6.45) is 0. The molecule has 5 nitrogen and oxygen atoms in total. The molecule has 0 aliphatic rings. The maximum atomic E-state index is 11.9. The van der Waals surface area contributed by atoms with Crippen molar-refractivity contribution in [2.75, 3.05) is 11.1 Å². The largest absolute Gasteiger partial charge is 0.296 e. The van der Waals surface area contributed by atoms with Crippen molar-refractivity contribution in [3.63, 3.8) is 0 Å². The number of amides is 1. The molecule has 0 spiro atoms. The van der Waals surface area contributed by atoms with E-state index >= 15 is 0 Å². The lowest BCUT2D eigenvalue weighted by Gasteiger charge is -2.01. The van der Waals surface area contributed by atoms with E-state index in [4.69, 9.17) is 5.26 Å². The van der Waals surface area contributed by atoms with Crippen molar-refractivity contribution in [3.8, 4) is 6.07 Å². The van der Waals surface area contributed by atoms with Gasteiger partial charge in [0, 0.05) is 5.56 Å². The number of carbonyl (C=O) groups is 1. The zero-order valence-electron chi connectivity index (χ0n) is 10.1. The minimum Gasteiger partial charge on any atom is -0.296 e. The van der Waals surface area contributed by atoms with E-state index in [2.05, 4.69) is 15.5 Å². The van der Waals surface area contributed by atoms with Crippen LogP contribution in [-0.2, 0) is 0 Å². The molecule has 0 saturated carbocycles. The number of nitrogens with one attached hydrogen (secondary N) is 1. The number of carbonyl (C=O) groups excluding carboxylic acids is 1. The van der Waals surface area contributed by atoms with Crippen LogP contribution in [-0.4, -0.2) is 21.9 Å². The predicted molar refractivity (Wildman–Crippen MR) is 75.4 cm³/mol. The number of benzene rings is 1. The number of aromatic nitrogens is 2. The van der Waals surface area contributed by atoms with E-state index in [0.717, 1.165) is 5.56 Å².